The highest BCUT2D eigenvalue weighted by molar-refractivity contribution is 7.92. The van der Waals surface area contributed by atoms with Crippen LogP contribution in [0.4, 0.5) is 11.5 Å². The Bertz CT molecular complexity index is 760. The van der Waals surface area contributed by atoms with Crippen LogP contribution in [0, 0.1) is 0 Å². The fraction of sp³-hybridized carbons (Fsp3) is 0. The van der Waals surface area contributed by atoms with Crippen LogP contribution in [-0.4, -0.2) is 13.4 Å². The third kappa shape index (κ3) is 3.69. The molecule has 1 aromatic heterocycles. The summed E-state index contributed by atoms with van der Waals surface area (Å²) in [4.78, 5) is 3.78. The molecule has 2 aromatic rings. The Hall–Kier alpha value is -1.25. The van der Waals surface area contributed by atoms with Gasteiger partial charge in [0.25, 0.3) is 10.0 Å². The molecule has 0 bridgehead atoms. The first kappa shape index (κ1) is 16.1. The van der Waals surface area contributed by atoms with Crippen molar-refractivity contribution in [3.05, 3.63) is 45.5 Å². The number of rotatable bonds is 4. The molecule has 1 aromatic carbocycles. The Morgan fingerprint density at radius 3 is 2.29 bits per heavy atom. The Balaban J connectivity index is 2.42. The Morgan fingerprint density at radius 1 is 1.10 bits per heavy atom. The van der Waals surface area contributed by atoms with E-state index in [0.717, 1.165) is 0 Å². The number of hydrazine groups is 1. The normalized spacial score (nSPS) is 11.2. The van der Waals surface area contributed by atoms with Crippen LogP contribution < -0.4 is 16.0 Å². The van der Waals surface area contributed by atoms with E-state index in [2.05, 4.69) is 15.1 Å². The standard InChI is InChI=1S/C11H9Cl3N4O2S/c12-6-3-8(13)11(9(14)4-6)18-21(19,20)7-1-2-16-10(5-7)17-15/h1-5,18H,15H2,(H,16,17). The summed E-state index contributed by atoms with van der Waals surface area (Å²) in [5.74, 6) is 5.39. The highest BCUT2D eigenvalue weighted by Gasteiger charge is 2.19. The summed E-state index contributed by atoms with van der Waals surface area (Å²) in [5, 5.41) is 0.469. The van der Waals surface area contributed by atoms with Crippen LogP contribution in [0.15, 0.2) is 35.4 Å². The van der Waals surface area contributed by atoms with Crippen molar-refractivity contribution in [2.45, 2.75) is 4.90 Å². The third-order valence-corrected chi connectivity index (χ3v) is 4.59. The number of hydrogen-bond acceptors (Lipinski definition) is 5. The zero-order valence-electron chi connectivity index (χ0n) is 10.3. The molecule has 0 saturated carbocycles. The van der Waals surface area contributed by atoms with E-state index < -0.39 is 10.0 Å². The number of pyridine rings is 1. The number of nitrogens with one attached hydrogen (secondary N) is 2. The summed E-state index contributed by atoms with van der Waals surface area (Å²) in [6, 6.07) is 5.33. The van der Waals surface area contributed by atoms with Crippen LogP contribution in [0.1, 0.15) is 0 Å². The van der Waals surface area contributed by atoms with E-state index in [1.165, 1.54) is 30.5 Å². The number of nitrogen functional groups attached to an aromatic ring is 1. The SMILES string of the molecule is NNc1cc(S(=O)(=O)Nc2c(Cl)cc(Cl)cc2Cl)ccn1. The fourth-order valence-corrected chi connectivity index (χ4v) is 3.63. The molecule has 2 rings (SSSR count). The monoisotopic (exact) mass is 366 g/mol. The van der Waals surface area contributed by atoms with Crippen molar-refractivity contribution >= 4 is 56.3 Å². The molecule has 6 nitrogen and oxygen atoms in total. The Labute approximate surface area is 136 Å². The van der Waals surface area contributed by atoms with Gasteiger partial charge in [-0.05, 0) is 18.2 Å². The molecule has 0 atom stereocenters. The summed E-state index contributed by atoms with van der Waals surface area (Å²) >= 11 is 17.7. The van der Waals surface area contributed by atoms with Crippen LogP contribution >= 0.6 is 34.8 Å². The summed E-state index contributed by atoms with van der Waals surface area (Å²) in [7, 11) is -3.90. The van der Waals surface area contributed by atoms with Crippen molar-refractivity contribution in [2.75, 3.05) is 10.1 Å². The van der Waals surface area contributed by atoms with Crippen molar-refractivity contribution in [3.63, 3.8) is 0 Å². The summed E-state index contributed by atoms with van der Waals surface area (Å²) in [6.45, 7) is 0. The number of benzene rings is 1. The summed E-state index contributed by atoms with van der Waals surface area (Å²) < 4.78 is 26.9. The first-order valence-corrected chi connectivity index (χ1v) is 8.05. The predicted molar refractivity (Wildman–Crippen MR) is 84.3 cm³/mol. The molecule has 21 heavy (non-hydrogen) atoms. The molecule has 112 valence electrons. The average molecular weight is 368 g/mol. The lowest BCUT2D eigenvalue weighted by Crippen LogP contribution is -2.15. The van der Waals surface area contributed by atoms with Gasteiger partial charge in [0, 0.05) is 17.3 Å². The molecule has 0 spiro atoms. The molecule has 0 saturated heterocycles. The molecule has 1 heterocycles. The number of halogens is 3. The molecule has 4 N–H and O–H groups in total. The molecular weight excluding hydrogens is 359 g/mol. The molecule has 10 heteroatoms. The van der Waals surface area contributed by atoms with Crippen molar-refractivity contribution in [3.8, 4) is 0 Å². The Morgan fingerprint density at radius 2 is 1.71 bits per heavy atom. The lowest BCUT2D eigenvalue weighted by Gasteiger charge is -2.12. The topological polar surface area (TPSA) is 97.1 Å². The second kappa shape index (κ2) is 6.25. The quantitative estimate of drug-likeness (QED) is 0.570. The van der Waals surface area contributed by atoms with E-state index in [9.17, 15) is 8.42 Å². The fourth-order valence-electron chi connectivity index (χ4n) is 1.49. The average Bonchev–Trinajstić information content (AvgIpc) is 2.43. The number of nitrogens with two attached hydrogens (primary N) is 1. The molecule has 0 aliphatic rings. The molecule has 0 amide bonds. The van der Waals surface area contributed by atoms with Crippen LogP contribution in [0.5, 0.6) is 0 Å². The van der Waals surface area contributed by atoms with Gasteiger partial charge in [-0.2, -0.15) is 0 Å². The van der Waals surface area contributed by atoms with Crippen LogP contribution in [0.25, 0.3) is 0 Å². The number of nitrogens with zero attached hydrogens (tertiary/aromatic N) is 1. The maximum absolute atomic E-state index is 12.3. The summed E-state index contributed by atoms with van der Waals surface area (Å²) in [5.41, 5.74) is 2.30. The molecule has 0 aliphatic heterocycles. The number of anilines is 2. The van der Waals surface area contributed by atoms with Gasteiger partial charge in [0.1, 0.15) is 5.82 Å². The maximum Gasteiger partial charge on any atom is 0.262 e. The van der Waals surface area contributed by atoms with E-state index >= 15 is 0 Å². The molecule has 0 radical (unpaired) electrons. The zero-order valence-corrected chi connectivity index (χ0v) is 13.4. The second-order valence-corrected chi connectivity index (χ2v) is 6.80. The van der Waals surface area contributed by atoms with Gasteiger partial charge < -0.3 is 5.43 Å². The Kier molecular flexibility index (Phi) is 4.80. The highest BCUT2D eigenvalue weighted by atomic mass is 35.5. The minimum Gasteiger partial charge on any atom is -0.308 e. The minimum absolute atomic E-state index is 0.0433. The lowest BCUT2D eigenvalue weighted by molar-refractivity contribution is 0.601. The number of sulfonamides is 1. The number of hydrogen-bond donors (Lipinski definition) is 3. The first-order valence-electron chi connectivity index (χ1n) is 5.43. The molecule has 0 fully saturated rings. The van der Waals surface area contributed by atoms with Gasteiger partial charge in [0.05, 0.1) is 20.6 Å². The van der Waals surface area contributed by atoms with E-state index in [4.69, 9.17) is 40.6 Å². The highest BCUT2D eigenvalue weighted by Crippen LogP contribution is 2.35. The van der Waals surface area contributed by atoms with Crippen molar-refractivity contribution in [1.29, 1.82) is 0 Å². The molecule has 0 unspecified atom stereocenters. The van der Waals surface area contributed by atoms with E-state index in [-0.39, 0.29) is 26.4 Å². The van der Waals surface area contributed by atoms with Gasteiger partial charge in [-0.15, -0.1) is 0 Å². The van der Waals surface area contributed by atoms with E-state index in [0.29, 0.717) is 5.02 Å². The van der Waals surface area contributed by atoms with Gasteiger partial charge in [-0.1, -0.05) is 34.8 Å². The largest absolute Gasteiger partial charge is 0.308 e. The number of aromatic nitrogens is 1. The van der Waals surface area contributed by atoms with Gasteiger partial charge in [0.15, 0.2) is 0 Å². The van der Waals surface area contributed by atoms with E-state index in [1.807, 2.05) is 0 Å². The molecular formula is C11H9Cl3N4O2S. The third-order valence-electron chi connectivity index (χ3n) is 2.43. The van der Waals surface area contributed by atoms with Gasteiger partial charge >= 0.3 is 0 Å². The minimum atomic E-state index is -3.90. The predicted octanol–water partition coefficient (Wildman–Crippen LogP) is 3.13. The maximum atomic E-state index is 12.3. The van der Waals surface area contributed by atoms with Crippen molar-refractivity contribution in [2.24, 2.45) is 5.84 Å². The van der Waals surface area contributed by atoms with Crippen LogP contribution in [-0.2, 0) is 10.0 Å². The summed E-state index contributed by atoms with van der Waals surface area (Å²) in [6.07, 6.45) is 1.30. The van der Waals surface area contributed by atoms with Crippen LogP contribution in [0.3, 0.4) is 0 Å². The van der Waals surface area contributed by atoms with Gasteiger partial charge in [-0.3, -0.25) is 4.72 Å². The second-order valence-electron chi connectivity index (χ2n) is 3.87. The van der Waals surface area contributed by atoms with Crippen molar-refractivity contribution in [1.82, 2.24) is 4.98 Å². The first-order chi connectivity index (χ1) is 9.83. The lowest BCUT2D eigenvalue weighted by atomic mass is 10.3. The van der Waals surface area contributed by atoms with E-state index in [1.54, 1.807) is 0 Å². The zero-order chi connectivity index (χ0) is 15.6. The van der Waals surface area contributed by atoms with Gasteiger partial charge in [-0.25, -0.2) is 19.2 Å². The smallest absolute Gasteiger partial charge is 0.262 e. The van der Waals surface area contributed by atoms with Crippen molar-refractivity contribution < 1.29 is 8.42 Å². The van der Waals surface area contributed by atoms with Crippen LogP contribution in [0.2, 0.25) is 15.1 Å². The van der Waals surface area contributed by atoms with Gasteiger partial charge in [0.2, 0.25) is 0 Å². The molecule has 0 aliphatic carbocycles.